The van der Waals surface area contributed by atoms with Crippen LogP contribution in [0.4, 0.5) is 9.18 Å². The maximum absolute atomic E-state index is 16.1. The molecule has 6 heteroatoms. The Morgan fingerprint density at radius 3 is 2.41 bits per heavy atom. The van der Waals surface area contributed by atoms with Crippen LogP contribution < -0.4 is 4.74 Å². The van der Waals surface area contributed by atoms with Gasteiger partial charge in [0.2, 0.25) is 0 Å². The number of nitrogens with zero attached hydrogens (tertiary/aromatic N) is 2. The lowest BCUT2D eigenvalue weighted by Gasteiger charge is -2.48. The van der Waals surface area contributed by atoms with Crippen molar-refractivity contribution >= 4 is 6.09 Å². The summed E-state index contributed by atoms with van der Waals surface area (Å²) in [6.45, 7) is 16.1. The van der Waals surface area contributed by atoms with Gasteiger partial charge in [-0.3, -0.25) is 4.90 Å². The number of hydrogen-bond acceptors (Lipinski definition) is 4. The number of carbonyl (C=O) groups excluding carboxylic acids is 1. The Labute approximate surface area is 244 Å². The summed E-state index contributed by atoms with van der Waals surface area (Å²) in [6.07, 6.45) is 2.62. The Morgan fingerprint density at radius 2 is 1.71 bits per heavy atom. The molecular formula is C35H43FN2O3. The Kier molecular flexibility index (Phi) is 8.15. The van der Waals surface area contributed by atoms with Crippen LogP contribution in [-0.2, 0) is 17.7 Å². The largest absolute Gasteiger partial charge is 0.493 e. The van der Waals surface area contributed by atoms with E-state index in [2.05, 4.69) is 24.8 Å². The SMILES string of the molecule is Cc1c(OCCCN2CCC2(C)C)cccc1-c1cccc(-c2ccc3c(c2)CCN(C(=O)OC(C)(C)C)C3)c1F. The number of amides is 1. The topological polar surface area (TPSA) is 42.0 Å². The molecule has 3 aromatic carbocycles. The smallest absolute Gasteiger partial charge is 0.410 e. The molecule has 0 aromatic heterocycles. The second-order valence-electron chi connectivity index (χ2n) is 13.0. The van der Waals surface area contributed by atoms with Gasteiger partial charge in [0.25, 0.3) is 0 Å². The second kappa shape index (κ2) is 11.5. The molecule has 2 heterocycles. The normalized spacial score (nSPS) is 16.6. The molecule has 5 nitrogen and oxygen atoms in total. The number of likely N-dealkylation sites (tertiary alicyclic amines) is 1. The lowest BCUT2D eigenvalue weighted by Crippen LogP contribution is -2.55. The first kappa shape index (κ1) is 29.1. The van der Waals surface area contributed by atoms with E-state index in [0.717, 1.165) is 53.1 Å². The van der Waals surface area contributed by atoms with E-state index in [1.54, 1.807) is 4.90 Å². The van der Waals surface area contributed by atoms with Crippen molar-refractivity contribution < 1.29 is 18.7 Å². The van der Waals surface area contributed by atoms with Crippen molar-refractivity contribution in [3.63, 3.8) is 0 Å². The number of carbonyl (C=O) groups is 1. The van der Waals surface area contributed by atoms with Crippen molar-refractivity contribution in [3.8, 4) is 28.0 Å². The Balaban J connectivity index is 1.31. The van der Waals surface area contributed by atoms with Crippen molar-refractivity contribution in [1.29, 1.82) is 0 Å². The van der Waals surface area contributed by atoms with Gasteiger partial charge in [-0.1, -0.05) is 48.5 Å². The van der Waals surface area contributed by atoms with Crippen molar-refractivity contribution in [1.82, 2.24) is 9.80 Å². The predicted molar refractivity (Wildman–Crippen MR) is 163 cm³/mol. The number of ether oxygens (including phenoxy) is 2. The Hall–Kier alpha value is -3.38. The molecule has 3 aromatic rings. The fourth-order valence-electron chi connectivity index (χ4n) is 5.80. The number of fused-ring (bicyclic) bond motifs is 1. The molecule has 1 fully saturated rings. The summed E-state index contributed by atoms with van der Waals surface area (Å²) in [5.41, 5.74) is 5.76. The third-order valence-electron chi connectivity index (χ3n) is 8.43. The molecule has 0 unspecified atom stereocenters. The van der Waals surface area contributed by atoms with E-state index in [0.29, 0.717) is 42.8 Å². The molecule has 0 N–H and O–H groups in total. The standard InChI is InChI=1S/C35H43FN2O3/c1-24-28(10-8-13-31(24)40-21-9-18-38-20-17-35(38,5)6)30-12-7-11-29(32(30)36)26-14-15-27-23-37(19-16-25(27)22-26)33(39)41-34(2,3)4/h7-8,10-15,22H,9,16-21,23H2,1-6H3. The summed E-state index contributed by atoms with van der Waals surface area (Å²) in [5, 5.41) is 0. The van der Waals surface area contributed by atoms with Crippen molar-refractivity contribution in [2.45, 2.75) is 78.5 Å². The van der Waals surface area contributed by atoms with Crippen LogP contribution in [0.3, 0.4) is 0 Å². The molecule has 0 saturated carbocycles. The van der Waals surface area contributed by atoms with Crippen LogP contribution in [0.15, 0.2) is 54.6 Å². The van der Waals surface area contributed by atoms with Crippen LogP contribution in [0.5, 0.6) is 5.75 Å². The third-order valence-corrected chi connectivity index (χ3v) is 8.43. The molecule has 218 valence electrons. The highest BCUT2D eigenvalue weighted by Crippen LogP contribution is 2.37. The van der Waals surface area contributed by atoms with Crippen molar-refractivity contribution in [3.05, 3.63) is 77.1 Å². The van der Waals surface area contributed by atoms with Gasteiger partial charge in [0.1, 0.15) is 17.2 Å². The minimum Gasteiger partial charge on any atom is -0.493 e. The molecular weight excluding hydrogens is 515 g/mol. The molecule has 0 radical (unpaired) electrons. The van der Waals surface area contributed by atoms with Crippen LogP contribution in [0, 0.1) is 12.7 Å². The number of halogens is 1. The van der Waals surface area contributed by atoms with E-state index in [1.165, 1.54) is 6.42 Å². The van der Waals surface area contributed by atoms with Crippen LogP contribution in [0.1, 0.15) is 64.2 Å². The first-order valence-corrected chi connectivity index (χ1v) is 14.8. The van der Waals surface area contributed by atoms with Gasteiger partial charge < -0.3 is 14.4 Å². The van der Waals surface area contributed by atoms with Gasteiger partial charge in [0, 0.05) is 42.8 Å². The average molecular weight is 559 g/mol. The lowest BCUT2D eigenvalue weighted by molar-refractivity contribution is 0.0123. The third kappa shape index (κ3) is 6.43. The van der Waals surface area contributed by atoms with Crippen LogP contribution in [0.2, 0.25) is 0 Å². The first-order valence-electron chi connectivity index (χ1n) is 14.8. The number of rotatable bonds is 7. The summed E-state index contributed by atoms with van der Waals surface area (Å²) in [4.78, 5) is 16.8. The zero-order valence-electron chi connectivity index (χ0n) is 25.4. The van der Waals surface area contributed by atoms with Crippen LogP contribution in [-0.4, -0.2) is 53.3 Å². The minimum atomic E-state index is -0.529. The van der Waals surface area contributed by atoms with Crippen molar-refractivity contribution in [2.75, 3.05) is 26.2 Å². The van der Waals surface area contributed by atoms with Gasteiger partial charge in [0.15, 0.2) is 0 Å². The number of benzene rings is 3. The van der Waals surface area contributed by atoms with Crippen LogP contribution >= 0.6 is 0 Å². The summed E-state index contributed by atoms with van der Waals surface area (Å²) in [6, 6.07) is 17.5. The fourth-order valence-corrected chi connectivity index (χ4v) is 5.80. The zero-order chi connectivity index (χ0) is 29.4. The molecule has 0 aliphatic carbocycles. The summed E-state index contributed by atoms with van der Waals surface area (Å²) in [7, 11) is 0. The van der Waals surface area contributed by atoms with E-state index in [1.807, 2.05) is 76.2 Å². The van der Waals surface area contributed by atoms with Gasteiger partial charge in [-0.05, 0) is 94.7 Å². The maximum Gasteiger partial charge on any atom is 0.410 e. The molecule has 2 aliphatic rings. The summed E-state index contributed by atoms with van der Waals surface area (Å²) >= 11 is 0. The van der Waals surface area contributed by atoms with E-state index < -0.39 is 5.60 Å². The van der Waals surface area contributed by atoms with Gasteiger partial charge in [-0.25, -0.2) is 9.18 Å². The van der Waals surface area contributed by atoms with E-state index in [-0.39, 0.29) is 11.9 Å². The Morgan fingerprint density at radius 1 is 0.976 bits per heavy atom. The zero-order valence-corrected chi connectivity index (χ0v) is 25.4. The van der Waals surface area contributed by atoms with E-state index in [9.17, 15) is 4.79 Å². The number of hydrogen-bond donors (Lipinski definition) is 0. The van der Waals surface area contributed by atoms with Crippen LogP contribution in [0.25, 0.3) is 22.3 Å². The summed E-state index contributed by atoms with van der Waals surface area (Å²) in [5.74, 6) is 0.567. The van der Waals surface area contributed by atoms with Crippen molar-refractivity contribution in [2.24, 2.45) is 0 Å². The minimum absolute atomic E-state index is 0.237. The second-order valence-corrected chi connectivity index (χ2v) is 13.0. The monoisotopic (exact) mass is 558 g/mol. The van der Waals surface area contributed by atoms with E-state index >= 15 is 4.39 Å². The molecule has 0 bridgehead atoms. The molecule has 1 saturated heterocycles. The molecule has 5 rings (SSSR count). The first-order chi connectivity index (χ1) is 19.4. The molecule has 0 atom stereocenters. The molecule has 2 aliphatic heterocycles. The van der Waals surface area contributed by atoms with E-state index in [4.69, 9.17) is 9.47 Å². The van der Waals surface area contributed by atoms with Gasteiger partial charge in [-0.15, -0.1) is 0 Å². The molecule has 41 heavy (non-hydrogen) atoms. The maximum atomic E-state index is 16.1. The Bertz CT molecular complexity index is 1430. The predicted octanol–water partition coefficient (Wildman–Crippen LogP) is 8.01. The molecule has 1 amide bonds. The molecule has 0 spiro atoms. The van der Waals surface area contributed by atoms with Gasteiger partial charge >= 0.3 is 6.09 Å². The summed E-state index contributed by atoms with van der Waals surface area (Å²) < 4.78 is 27.8. The average Bonchev–Trinajstić information content (AvgIpc) is 2.92. The highest BCUT2D eigenvalue weighted by atomic mass is 19.1. The highest BCUT2D eigenvalue weighted by molar-refractivity contribution is 5.77. The fraction of sp³-hybridized carbons (Fsp3) is 0.457. The lowest BCUT2D eigenvalue weighted by atomic mass is 9.89. The quantitative estimate of drug-likeness (QED) is 0.276. The highest BCUT2D eigenvalue weighted by Gasteiger charge is 2.34. The van der Waals surface area contributed by atoms with Gasteiger partial charge in [-0.2, -0.15) is 0 Å². The van der Waals surface area contributed by atoms with Gasteiger partial charge in [0.05, 0.1) is 6.61 Å².